The molecule has 2 unspecified atom stereocenters. The Labute approximate surface area is 115 Å². The van der Waals surface area contributed by atoms with Gasteiger partial charge in [0.25, 0.3) is 5.69 Å². The zero-order chi connectivity index (χ0) is 14.7. The number of anilines is 1. The van der Waals surface area contributed by atoms with Gasteiger partial charge in [0.1, 0.15) is 5.69 Å². The molecule has 7 heteroatoms. The zero-order valence-electron chi connectivity index (χ0n) is 10.8. The quantitative estimate of drug-likeness (QED) is 0.574. The molecule has 0 saturated heterocycles. The van der Waals surface area contributed by atoms with Gasteiger partial charge >= 0.3 is 5.97 Å². The number of nitro groups is 1. The van der Waals surface area contributed by atoms with Crippen molar-refractivity contribution in [3.05, 3.63) is 33.9 Å². The van der Waals surface area contributed by atoms with E-state index in [0.717, 1.165) is 25.3 Å². The van der Waals surface area contributed by atoms with Gasteiger partial charge < -0.3 is 15.5 Å². The first-order valence-corrected chi connectivity index (χ1v) is 6.45. The first-order valence-electron chi connectivity index (χ1n) is 6.45. The molecule has 7 nitrogen and oxygen atoms in total. The first kappa shape index (κ1) is 14.3. The molecule has 0 amide bonds. The first-order chi connectivity index (χ1) is 9.49. The Morgan fingerprint density at radius 3 is 2.65 bits per heavy atom. The number of nitro benzene ring substituents is 1. The van der Waals surface area contributed by atoms with Crippen LogP contribution in [0.3, 0.4) is 0 Å². The van der Waals surface area contributed by atoms with Gasteiger partial charge in [-0.15, -0.1) is 0 Å². The molecule has 3 N–H and O–H groups in total. The van der Waals surface area contributed by atoms with E-state index in [1.54, 1.807) is 0 Å². The average Bonchev–Trinajstić information content (AvgIpc) is 2.41. The molecule has 0 bridgehead atoms. The number of carboxylic acids is 1. The average molecular weight is 280 g/mol. The van der Waals surface area contributed by atoms with Crippen molar-refractivity contribution in [1.82, 2.24) is 0 Å². The summed E-state index contributed by atoms with van der Waals surface area (Å²) in [5.41, 5.74) is -0.180. The third-order valence-electron chi connectivity index (χ3n) is 3.51. The molecule has 2 rings (SSSR count). The van der Waals surface area contributed by atoms with Crippen LogP contribution in [0.4, 0.5) is 11.4 Å². The number of aliphatic hydroxyl groups is 1. The number of hydrogen-bond acceptors (Lipinski definition) is 5. The third kappa shape index (κ3) is 3.05. The topological polar surface area (TPSA) is 113 Å². The largest absolute Gasteiger partial charge is 0.478 e. The molecule has 1 saturated carbocycles. The molecule has 1 aliphatic rings. The number of carbonyl (C=O) groups is 1. The molecule has 1 aromatic rings. The second kappa shape index (κ2) is 5.87. The Balaban J connectivity index is 2.26. The lowest BCUT2D eigenvalue weighted by Gasteiger charge is -2.29. The van der Waals surface area contributed by atoms with Crippen LogP contribution in [0.1, 0.15) is 36.0 Å². The monoisotopic (exact) mass is 280 g/mol. The van der Waals surface area contributed by atoms with E-state index in [1.807, 2.05) is 0 Å². The Morgan fingerprint density at radius 2 is 2.05 bits per heavy atom. The zero-order valence-corrected chi connectivity index (χ0v) is 10.8. The normalized spacial score (nSPS) is 22.2. The summed E-state index contributed by atoms with van der Waals surface area (Å²) in [6.45, 7) is 0. The van der Waals surface area contributed by atoms with Gasteiger partial charge in [0.05, 0.1) is 22.6 Å². The highest BCUT2D eigenvalue weighted by atomic mass is 16.6. The van der Waals surface area contributed by atoms with E-state index in [0.29, 0.717) is 6.42 Å². The number of benzene rings is 1. The Hall–Kier alpha value is -2.15. The summed E-state index contributed by atoms with van der Waals surface area (Å²) in [5.74, 6) is -1.21. The Kier molecular flexibility index (Phi) is 4.19. The molecule has 1 aromatic carbocycles. The summed E-state index contributed by atoms with van der Waals surface area (Å²) in [6.07, 6.45) is 2.76. The van der Waals surface area contributed by atoms with Gasteiger partial charge in [0, 0.05) is 6.07 Å². The molecule has 0 radical (unpaired) electrons. The predicted molar refractivity (Wildman–Crippen MR) is 71.9 cm³/mol. The van der Waals surface area contributed by atoms with Gasteiger partial charge in [-0.1, -0.05) is 12.8 Å². The van der Waals surface area contributed by atoms with E-state index in [4.69, 9.17) is 5.11 Å². The van der Waals surface area contributed by atoms with Crippen molar-refractivity contribution in [3.8, 4) is 0 Å². The Bertz CT molecular complexity index is 531. The van der Waals surface area contributed by atoms with Crippen LogP contribution in [-0.2, 0) is 0 Å². The standard InChI is InChI=1S/C13H16N2O5/c16-12-4-2-1-3-10(12)14-9-6-5-8(13(17)18)7-11(9)15(19)20/h5-7,10,12,14,16H,1-4H2,(H,17,18). The van der Waals surface area contributed by atoms with Crippen molar-refractivity contribution in [1.29, 1.82) is 0 Å². The molecule has 0 aliphatic heterocycles. The molecule has 1 aliphatic carbocycles. The SMILES string of the molecule is O=C(O)c1ccc(NC2CCCCC2O)c([N+](=O)[O-])c1. The van der Waals surface area contributed by atoms with Gasteiger partial charge in [-0.25, -0.2) is 4.79 Å². The number of nitrogens with zero attached hydrogens (tertiary/aromatic N) is 1. The van der Waals surface area contributed by atoms with Crippen LogP contribution in [0, 0.1) is 10.1 Å². The second-order valence-corrected chi connectivity index (χ2v) is 4.90. The maximum atomic E-state index is 11.0. The lowest BCUT2D eigenvalue weighted by atomic mass is 9.92. The lowest BCUT2D eigenvalue weighted by Crippen LogP contribution is -2.36. The van der Waals surface area contributed by atoms with Crippen LogP contribution in [0.2, 0.25) is 0 Å². The molecule has 0 aromatic heterocycles. The van der Waals surface area contributed by atoms with Crippen molar-refractivity contribution in [3.63, 3.8) is 0 Å². The van der Waals surface area contributed by atoms with Crippen molar-refractivity contribution in [2.75, 3.05) is 5.32 Å². The lowest BCUT2D eigenvalue weighted by molar-refractivity contribution is -0.384. The van der Waals surface area contributed by atoms with Crippen molar-refractivity contribution in [2.24, 2.45) is 0 Å². The third-order valence-corrected chi connectivity index (χ3v) is 3.51. The summed E-state index contributed by atoms with van der Waals surface area (Å²) in [4.78, 5) is 21.3. The van der Waals surface area contributed by atoms with Gasteiger partial charge in [-0.05, 0) is 25.0 Å². The van der Waals surface area contributed by atoms with Gasteiger partial charge in [0.2, 0.25) is 0 Å². The number of carboxylic acid groups (broad SMARTS) is 1. The minimum Gasteiger partial charge on any atom is -0.478 e. The summed E-state index contributed by atoms with van der Waals surface area (Å²) in [5, 5.41) is 32.7. The minimum absolute atomic E-state index is 0.133. The number of aromatic carboxylic acids is 1. The summed E-state index contributed by atoms with van der Waals surface area (Å²) >= 11 is 0. The van der Waals surface area contributed by atoms with Gasteiger partial charge in [-0.2, -0.15) is 0 Å². The maximum absolute atomic E-state index is 11.0. The molecule has 0 heterocycles. The molecular formula is C13H16N2O5. The van der Waals surface area contributed by atoms with Crippen LogP contribution in [0.5, 0.6) is 0 Å². The molecule has 20 heavy (non-hydrogen) atoms. The molecular weight excluding hydrogens is 264 g/mol. The summed E-state index contributed by atoms with van der Waals surface area (Å²) in [6, 6.07) is 3.48. The fraction of sp³-hybridized carbons (Fsp3) is 0.462. The van der Waals surface area contributed by atoms with E-state index >= 15 is 0 Å². The molecule has 108 valence electrons. The van der Waals surface area contributed by atoms with E-state index in [2.05, 4.69) is 5.32 Å². The fourth-order valence-electron chi connectivity index (χ4n) is 2.42. The van der Waals surface area contributed by atoms with Crippen molar-refractivity contribution in [2.45, 2.75) is 37.8 Å². The van der Waals surface area contributed by atoms with Gasteiger partial charge in [0.15, 0.2) is 0 Å². The number of aliphatic hydroxyl groups excluding tert-OH is 1. The highest BCUT2D eigenvalue weighted by Crippen LogP contribution is 2.29. The predicted octanol–water partition coefficient (Wildman–Crippen LogP) is 2.01. The van der Waals surface area contributed by atoms with Crippen molar-refractivity contribution >= 4 is 17.3 Å². The summed E-state index contributed by atoms with van der Waals surface area (Å²) in [7, 11) is 0. The second-order valence-electron chi connectivity index (χ2n) is 4.90. The van der Waals surface area contributed by atoms with E-state index in [-0.39, 0.29) is 23.0 Å². The van der Waals surface area contributed by atoms with E-state index < -0.39 is 17.0 Å². The van der Waals surface area contributed by atoms with Gasteiger partial charge in [-0.3, -0.25) is 10.1 Å². The minimum atomic E-state index is -1.21. The van der Waals surface area contributed by atoms with E-state index in [1.165, 1.54) is 12.1 Å². The highest BCUT2D eigenvalue weighted by molar-refractivity contribution is 5.89. The number of nitrogens with one attached hydrogen (secondary N) is 1. The highest BCUT2D eigenvalue weighted by Gasteiger charge is 2.26. The summed E-state index contributed by atoms with van der Waals surface area (Å²) < 4.78 is 0. The van der Waals surface area contributed by atoms with Crippen LogP contribution in [0.15, 0.2) is 18.2 Å². The molecule has 0 spiro atoms. The number of rotatable bonds is 4. The maximum Gasteiger partial charge on any atom is 0.335 e. The van der Waals surface area contributed by atoms with Crippen LogP contribution in [0.25, 0.3) is 0 Å². The van der Waals surface area contributed by atoms with Crippen LogP contribution in [-0.4, -0.2) is 33.3 Å². The fourth-order valence-corrected chi connectivity index (χ4v) is 2.42. The van der Waals surface area contributed by atoms with Crippen molar-refractivity contribution < 1.29 is 19.9 Å². The Morgan fingerprint density at radius 1 is 1.35 bits per heavy atom. The molecule has 2 atom stereocenters. The van der Waals surface area contributed by atoms with Crippen LogP contribution < -0.4 is 5.32 Å². The number of hydrogen-bond donors (Lipinski definition) is 3. The smallest absolute Gasteiger partial charge is 0.335 e. The van der Waals surface area contributed by atoms with E-state index in [9.17, 15) is 20.0 Å². The molecule has 1 fully saturated rings. The van der Waals surface area contributed by atoms with Crippen LogP contribution >= 0.6 is 0 Å².